The number of hydrogen-bond acceptors (Lipinski definition) is 7. The molecule has 0 radical (unpaired) electrons. The minimum atomic E-state index is -1.36. The topological polar surface area (TPSA) is 176 Å². The number of benzene rings is 2. The molecule has 2 amide bonds. The summed E-state index contributed by atoms with van der Waals surface area (Å²) >= 11 is 0. The summed E-state index contributed by atoms with van der Waals surface area (Å²) in [5.74, 6) is 0.292. The predicted octanol–water partition coefficient (Wildman–Crippen LogP) is 3.55. The number of rotatable bonds is 10. The van der Waals surface area contributed by atoms with Crippen LogP contribution < -0.4 is 16.0 Å². The Labute approximate surface area is 223 Å². The number of esters is 1. The molecule has 2 heterocycles. The number of aromatic amines is 1. The number of imidazole rings is 1. The molecule has 0 bridgehead atoms. The highest BCUT2D eigenvalue weighted by molar-refractivity contribution is 6.07. The standard InChI is InChI=1S/C27H27N7O5/c1-2-39-24(35)12-14-34(23-5-3-4-13-29-23)26(36)18-8-11-20-21(15-18)32-22(31-20)16-30-19-9-6-17(7-10-19)25(28)33-27(37)38/h3-11,13,15,30H,2,12,14,16H2,1H3,(H2,28,33)(H,31,32)(H,37,38). The van der Waals surface area contributed by atoms with Gasteiger partial charge in [-0.15, -0.1) is 0 Å². The van der Waals surface area contributed by atoms with Crippen LogP contribution in [0.2, 0.25) is 0 Å². The third-order valence-electron chi connectivity index (χ3n) is 5.65. The van der Waals surface area contributed by atoms with Crippen LogP contribution in [0, 0.1) is 0 Å². The van der Waals surface area contributed by atoms with E-state index in [1.165, 1.54) is 4.90 Å². The van der Waals surface area contributed by atoms with Gasteiger partial charge in [-0.1, -0.05) is 6.07 Å². The number of nitrogens with two attached hydrogens (primary N) is 1. The molecule has 200 valence electrons. The number of carboxylic acid groups (broad SMARTS) is 1. The van der Waals surface area contributed by atoms with Crippen molar-refractivity contribution in [1.29, 1.82) is 0 Å². The zero-order valence-corrected chi connectivity index (χ0v) is 21.1. The Morgan fingerprint density at radius 2 is 1.87 bits per heavy atom. The Bertz CT molecular complexity index is 1500. The maximum atomic E-state index is 13.4. The number of hydrogen-bond donors (Lipinski definition) is 4. The highest BCUT2D eigenvalue weighted by atomic mass is 16.5. The fraction of sp³-hybridized carbons (Fsp3) is 0.185. The lowest BCUT2D eigenvalue weighted by Crippen LogP contribution is -2.34. The lowest BCUT2D eigenvalue weighted by atomic mass is 10.1. The van der Waals surface area contributed by atoms with Crippen LogP contribution in [0.3, 0.4) is 0 Å². The molecule has 0 saturated carbocycles. The number of aromatic nitrogens is 3. The van der Waals surface area contributed by atoms with E-state index in [1.54, 1.807) is 73.8 Å². The fourth-order valence-electron chi connectivity index (χ4n) is 3.81. The first-order valence-electron chi connectivity index (χ1n) is 12.1. The quantitative estimate of drug-likeness (QED) is 0.136. The molecular weight excluding hydrogens is 502 g/mol. The minimum Gasteiger partial charge on any atom is -0.466 e. The average Bonchev–Trinajstić information content (AvgIpc) is 3.35. The summed E-state index contributed by atoms with van der Waals surface area (Å²) in [7, 11) is 0. The van der Waals surface area contributed by atoms with Crippen LogP contribution in [-0.2, 0) is 16.1 Å². The van der Waals surface area contributed by atoms with Crippen LogP contribution in [-0.4, -0.2) is 57.0 Å². The van der Waals surface area contributed by atoms with Crippen LogP contribution in [0.4, 0.5) is 16.3 Å². The number of carbonyl (C=O) groups excluding carboxylic acids is 2. The van der Waals surface area contributed by atoms with Crippen LogP contribution >= 0.6 is 0 Å². The number of amidine groups is 1. The number of carbonyl (C=O) groups is 3. The van der Waals surface area contributed by atoms with Crippen molar-refractivity contribution >= 4 is 46.3 Å². The van der Waals surface area contributed by atoms with Gasteiger partial charge in [-0.3, -0.25) is 14.5 Å². The van der Waals surface area contributed by atoms with E-state index in [2.05, 4.69) is 25.3 Å². The van der Waals surface area contributed by atoms with Crippen molar-refractivity contribution in [1.82, 2.24) is 15.0 Å². The van der Waals surface area contributed by atoms with Crippen LogP contribution in [0.25, 0.3) is 11.0 Å². The fourth-order valence-corrected chi connectivity index (χ4v) is 3.81. The Balaban J connectivity index is 1.47. The van der Waals surface area contributed by atoms with Crippen molar-refractivity contribution in [3.05, 3.63) is 83.8 Å². The van der Waals surface area contributed by atoms with E-state index < -0.39 is 12.1 Å². The number of fused-ring (bicyclic) bond motifs is 1. The van der Waals surface area contributed by atoms with Gasteiger partial charge in [0, 0.05) is 29.6 Å². The highest BCUT2D eigenvalue weighted by Crippen LogP contribution is 2.20. The van der Waals surface area contributed by atoms with Gasteiger partial charge in [-0.05, 0) is 61.5 Å². The molecule has 0 aliphatic rings. The van der Waals surface area contributed by atoms with Crippen molar-refractivity contribution in [2.75, 3.05) is 23.4 Å². The molecule has 2 aromatic carbocycles. The maximum absolute atomic E-state index is 13.4. The number of anilines is 2. The zero-order valence-electron chi connectivity index (χ0n) is 21.1. The maximum Gasteiger partial charge on any atom is 0.433 e. The summed E-state index contributed by atoms with van der Waals surface area (Å²) in [6.07, 6.45) is 0.268. The van der Waals surface area contributed by atoms with E-state index in [9.17, 15) is 14.4 Å². The first-order chi connectivity index (χ1) is 18.8. The van der Waals surface area contributed by atoms with Crippen LogP contribution in [0.15, 0.2) is 71.9 Å². The van der Waals surface area contributed by atoms with Crippen molar-refractivity contribution in [3.63, 3.8) is 0 Å². The van der Waals surface area contributed by atoms with Gasteiger partial charge in [0.1, 0.15) is 17.5 Å². The number of H-pyrrole nitrogens is 1. The van der Waals surface area contributed by atoms with Gasteiger partial charge in [-0.25, -0.2) is 14.8 Å². The van der Waals surface area contributed by atoms with Gasteiger partial charge in [0.2, 0.25) is 0 Å². The van der Waals surface area contributed by atoms with E-state index >= 15 is 0 Å². The van der Waals surface area contributed by atoms with Gasteiger partial charge in [0.25, 0.3) is 5.91 Å². The molecule has 5 N–H and O–H groups in total. The summed E-state index contributed by atoms with van der Waals surface area (Å²) in [5, 5.41) is 12.0. The molecule has 0 unspecified atom stereocenters. The molecule has 0 aliphatic carbocycles. The number of amides is 2. The summed E-state index contributed by atoms with van der Waals surface area (Å²) in [5.41, 5.74) is 8.69. The molecule has 39 heavy (non-hydrogen) atoms. The summed E-state index contributed by atoms with van der Waals surface area (Å²) < 4.78 is 5.01. The Morgan fingerprint density at radius 1 is 1.10 bits per heavy atom. The summed E-state index contributed by atoms with van der Waals surface area (Å²) in [4.78, 5) is 52.9. The third-order valence-corrected chi connectivity index (χ3v) is 5.65. The lowest BCUT2D eigenvalue weighted by Gasteiger charge is -2.21. The lowest BCUT2D eigenvalue weighted by molar-refractivity contribution is -0.142. The van der Waals surface area contributed by atoms with Crippen molar-refractivity contribution in [3.8, 4) is 0 Å². The normalized spacial score (nSPS) is 11.3. The van der Waals surface area contributed by atoms with Gasteiger partial charge in [-0.2, -0.15) is 4.99 Å². The van der Waals surface area contributed by atoms with Crippen LogP contribution in [0.5, 0.6) is 0 Å². The molecule has 4 aromatic rings. The number of pyridine rings is 1. The largest absolute Gasteiger partial charge is 0.466 e. The molecule has 0 atom stereocenters. The van der Waals surface area contributed by atoms with E-state index in [0.29, 0.717) is 34.8 Å². The molecule has 12 nitrogen and oxygen atoms in total. The van der Waals surface area contributed by atoms with E-state index in [-0.39, 0.29) is 31.3 Å². The van der Waals surface area contributed by atoms with E-state index in [0.717, 1.165) is 11.2 Å². The first-order valence-corrected chi connectivity index (χ1v) is 12.1. The number of ether oxygens (including phenoxy) is 1. The molecular formula is C27H27N7O5. The van der Waals surface area contributed by atoms with Gasteiger partial charge in [0.05, 0.1) is 30.6 Å². The Morgan fingerprint density at radius 3 is 2.56 bits per heavy atom. The monoisotopic (exact) mass is 529 g/mol. The van der Waals surface area contributed by atoms with Gasteiger partial charge < -0.3 is 25.9 Å². The second-order valence-corrected chi connectivity index (χ2v) is 8.33. The average molecular weight is 530 g/mol. The zero-order chi connectivity index (χ0) is 27.8. The molecule has 0 aliphatic heterocycles. The minimum absolute atomic E-state index is 0.0382. The number of nitrogens with zero attached hydrogens (tertiary/aromatic N) is 4. The smallest absolute Gasteiger partial charge is 0.433 e. The van der Waals surface area contributed by atoms with Crippen molar-refractivity contribution in [2.45, 2.75) is 19.9 Å². The SMILES string of the molecule is CCOC(=O)CCN(C(=O)c1ccc2[nH]c(CNc3ccc(/C(N)=N\C(=O)O)cc3)nc2c1)c1ccccn1. The Kier molecular flexibility index (Phi) is 8.46. The molecule has 4 rings (SSSR count). The highest BCUT2D eigenvalue weighted by Gasteiger charge is 2.21. The van der Waals surface area contributed by atoms with E-state index in [4.69, 9.17) is 15.6 Å². The van der Waals surface area contributed by atoms with Crippen molar-refractivity contribution < 1.29 is 24.2 Å². The number of nitrogens with one attached hydrogen (secondary N) is 2. The third kappa shape index (κ3) is 6.95. The second-order valence-electron chi connectivity index (χ2n) is 8.33. The molecule has 0 saturated heterocycles. The molecule has 12 heteroatoms. The molecule has 0 fully saturated rings. The van der Waals surface area contributed by atoms with Gasteiger partial charge in [0.15, 0.2) is 0 Å². The summed E-state index contributed by atoms with van der Waals surface area (Å²) in [6.45, 7) is 2.49. The predicted molar refractivity (Wildman–Crippen MR) is 146 cm³/mol. The second kappa shape index (κ2) is 12.3. The molecule has 2 aromatic heterocycles. The Hall–Kier alpha value is -5.26. The van der Waals surface area contributed by atoms with Crippen LogP contribution in [0.1, 0.15) is 35.1 Å². The van der Waals surface area contributed by atoms with Gasteiger partial charge >= 0.3 is 12.1 Å². The van der Waals surface area contributed by atoms with E-state index in [1.807, 2.05) is 0 Å². The number of aliphatic imine (C=N–C) groups is 1. The summed E-state index contributed by atoms with van der Waals surface area (Å²) in [6, 6.07) is 17.2. The molecule has 0 spiro atoms. The van der Waals surface area contributed by atoms with Crippen molar-refractivity contribution in [2.24, 2.45) is 10.7 Å². The first kappa shape index (κ1) is 26.8.